The maximum atomic E-state index is 12.8. The first-order valence-electron chi connectivity index (χ1n) is 6.37. The maximum absolute atomic E-state index is 12.8. The number of pyridine rings is 1. The van der Waals surface area contributed by atoms with Crippen LogP contribution in [0.5, 0.6) is 0 Å². The van der Waals surface area contributed by atoms with Crippen molar-refractivity contribution in [2.75, 3.05) is 11.4 Å². The second-order valence-corrected chi connectivity index (χ2v) is 4.91. The number of halogens is 3. The van der Waals surface area contributed by atoms with Crippen LogP contribution in [-0.2, 0) is 6.18 Å². The molecule has 112 valence electrons. The molecule has 0 saturated heterocycles. The van der Waals surface area contributed by atoms with Crippen molar-refractivity contribution in [2.24, 2.45) is 5.73 Å². The summed E-state index contributed by atoms with van der Waals surface area (Å²) in [5.41, 5.74) is 5.03. The molecule has 0 saturated carbocycles. The van der Waals surface area contributed by atoms with Crippen LogP contribution in [0, 0.1) is 0 Å². The van der Waals surface area contributed by atoms with E-state index in [2.05, 4.69) is 4.98 Å². The van der Waals surface area contributed by atoms with Crippen LogP contribution in [0.3, 0.4) is 0 Å². The predicted octanol–water partition coefficient (Wildman–Crippen LogP) is 3.36. The lowest BCUT2D eigenvalue weighted by atomic mass is 10.1. The van der Waals surface area contributed by atoms with Crippen molar-refractivity contribution in [3.8, 4) is 0 Å². The summed E-state index contributed by atoms with van der Waals surface area (Å²) < 4.78 is 38.4. The second kappa shape index (κ2) is 6.39. The lowest BCUT2D eigenvalue weighted by Crippen LogP contribution is -2.35. The largest absolute Gasteiger partial charge is 0.433 e. The molecule has 0 fully saturated rings. The third kappa shape index (κ3) is 3.59. The molecule has 1 aromatic heterocycles. The Balaban J connectivity index is 3.42. The normalized spacial score (nSPS) is 13.1. The van der Waals surface area contributed by atoms with E-state index in [0.717, 1.165) is 12.5 Å². The summed E-state index contributed by atoms with van der Waals surface area (Å²) in [5, 5.41) is 0. The Morgan fingerprint density at radius 2 is 2.00 bits per heavy atom. The van der Waals surface area contributed by atoms with Crippen molar-refractivity contribution in [3.63, 3.8) is 0 Å². The highest BCUT2D eigenvalue weighted by molar-refractivity contribution is 7.80. The zero-order chi connectivity index (χ0) is 15.5. The molecular weight excluding hydrogens is 287 g/mol. The minimum absolute atomic E-state index is 0.0444. The first-order chi connectivity index (χ1) is 9.22. The molecular formula is C13H18F3N3S. The molecule has 1 unspecified atom stereocenters. The van der Waals surface area contributed by atoms with Crippen molar-refractivity contribution in [1.29, 1.82) is 0 Å². The summed E-state index contributed by atoms with van der Waals surface area (Å²) in [4.78, 5) is 5.56. The first kappa shape index (κ1) is 16.7. The Hall–Kier alpha value is -1.37. The minimum atomic E-state index is -4.49. The number of alkyl halides is 3. The van der Waals surface area contributed by atoms with Crippen molar-refractivity contribution in [1.82, 2.24) is 4.98 Å². The van der Waals surface area contributed by atoms with Gasteiger partial charge >= 0.3 is 6.18 Å². The molecule has 1 aromatic rings. The fraction of sp³-hybridized carbons (Fsp3) is 0.538. The molecule has 20 heavy (non-hydrogen) atoms. The lowest BCUT2D eigenvalue weighted by molar-refractivity contribution is -0.141. The fourth-order valence-electron chi connectivity index (χ4n) is 1.91. The number of hydrogen-bond acceptors (Lipinski definition) is 3. The van der Waals surface area contributed by atoms with Crippen molar-refractivity contribution in [3.05, 3.63) is 23.4 Å². The van der Waals surface area contributed by atoms with E-state index >= 15 is 0 Å². The third-order valence-electron chi connectivity index (χ3n) is 3.17. The smallest absolute Gasteiger partial charge is 0.389 e. The van der Waals surface area contributed by atoms with Crippen LogP contribution < -0.4 is 10.6 Å². The Bertz CT molecular complexity index is 488. The maximum Gasteiger partial charge on any atom is 0.433 e. The first-order valence-corrected chi connectivity index (χ1v) is 6.77. The Kier molecular flexibility index (Phi) is 5.33. The molecule has 0 bridgehead atoms. The van der Waals surface area contributed by atoms with Gasteiger partial charge in [0.15, 0.2) is 0 Å². The molecule has 0 amide bonds. The zero-order valence-electron chi connectivity index (χ0n) is 11.7. The van der Waals surface area contributed by atoms with Gasteiger partial charge in [-0.15, -0.1) is 0 Å². The fourth-order valence-corrected chi connectivity index (χ4v) is 2.07. The summed E-state index contributed by atoms with van der Waals surface area (Å²) in [7, 11) is 0. The van der Waals surface area contributed by atoms with Gasteiger partial charge in [-0.25, -0.2) is 4.98 Å². The molecule has 0 aliphatic heterocycles. The summed E-state index contributed by atoms with van der Waals surface area (Å²) in [5.74, 6) is 0.198. The van der Waals surface area contributed by atoms with Crippen LogP contribution in [0.2, 0.25) is 0 Å². The lowest BCUT2D eigenvalue weighted by Gasteiger charge is -2.30. The van der Waals surface area contributed by atoms with Crippen LogP contribution in [0.15, 0.2) is 12.1 Å². The van der Waals surface area contributed by atoms with Gasteiger partial charge in [0, 0.05) is 12.6 Å². The summed E-state index contributed by atoms with van der Waals surface area (Å²) in [6.45, 7) is 6.27. The average Bonchev–Trinajstić information content (AvgIpc) is 2.37. The van der Waals surface area contributed by atoms with Crippen LogP contribution in [0.1, 0.15) is 38.4 Å². The molecule has 7 heteroatoms. The quantitative estimate of drug-likeness (QED) is 0.847. The van der Waals surface area contributed by atoms with E-state index < -0.39 is 11.9 Å². The molecule has 3 nitrogen and oxygen atoms in total. The highest BCUT2D eigenvalue weighted by atomic mass is 32.1. The van der Waals surface area contributed by atoms with Crippen LogP contribution in [0.4, 0.5) is 19.0 Å². The van der Waals surface area contributed by atoms with Crippen LogP contribution in [-0.4, -0.2) is 22.6 Å². The van der Waals surface area contributed by atoms with Gasteiger partial charge in [-0.3, -0.25) is 0 Å². The Labute approximate surface area is 122 Å². The van der Waals surface area contributed by atoms with Gasteiger partial charge in [0.2, 0.25) is 0 Å². The zero-order valence-corrected chi connectivity index (χ0v) is 12.5. The van der Waals surface area contributed by atoms with Crippen LogP contribution in [0.25, 0.3) is 0 Å². The SMILES string of the molecule is CCC(C)N(CC)c1nc(C(F)(F)F)ccc1C(N)=S. The molecule has 1 rings (SSSR count). The standard InChI is InChI=1S/C13H18F3N3S/c1-4-8(3)19(5-2)12-9(11(17)20)6-7-10(18-12)13(14,15)16/h6-8H,4-5H2,1-3H3,(H2,17,20). The van der Waals surface area contributed by atoms with Gasteiger partial charge in [0.05, 0.1) is 5.56 Å². The molecule has 0 aromatic carbocycles. The highest BCUT2D eigenvalue weighted by Crippen LogP contribution is 2.31. The van der Waals surface area contributed by atoms with Gasteiger partial charge in [-0.1, -0.05) is 19.1 Å². The number of thiocarbonyl (C=S) groups is 1. The Morgan fingerprint density at radius 1 is 1.40 bits per heavy atom. The second-order valence-electron chi connectivity index (χ2n) is 4.47. The van der Waals surface area contributed by atoms with Gasteiger partial charge < -0.3 is 10.6 Å². The van der Waals surface area contributed by atoms with Crippen molar-refractivity contribution >= 4 is 23.0 Å². The number of anilines is 1. The van der Waals surface area contributed by atoms with E-state index in [9.17, 15) is 13.2 Å². The van der Waals surface area contributed by atoms with E-state index in [-0.39, 0.29) is 16.8 Å². The van der Waals surface area contributed by atoms with E-state index in [1.807, 2.05) is 20.8 Å². The Morgan fingerprint density at radius 3 is 2.40 bits per heavy atom. The van der Waals surface area contributed by atoms with Crippen molar-refractivity contribution < 1.29 is 13.2 Å². The predicted molar refractivity (Wildman–Crippen MR) is 77.9 cm³/mol. The van der Waals surface area contributed by atoms with Gasteiger partial charge in [0.25, 0.3) is 0 Å². The number of aromatic nitrogens is 1. The molecule has 0 spiro atoms. The van der Waals surface area contributed by atoms with Crippen molar-refractivity contribution in [2.45, 2.75) is 39.4 Å². The van der Waals surface area contributed by atoms with Gasteiger partial charge in [-0.05, 0) is 32.4 Å². The van der Waals surface area contributed by atoms with E-state index in [1.54, 1.807) is 4.90 Å². The minimum Gasteiger partial charge on any atom is -0.389 e. The number of rotatable bonds is 5. The highest BCUT2D eigenvalue weighted by Gasteiger charge is 2.34. The number of nitrogens with zero attached hydrogens (tertiary/aromatic N) is 2. The topological polar surface area (TPSA) is 42.2 Å². The molecule has 0 aliphatic carbocycles. The van der Waals surface area contributed by atoms with E-state index in [0.29, 0.717) is 12.1 Å². The average molecular weight is 305 g/mol. The van der Waals surface area contributed by atoms with Gasteiger partial charge in [-0.2, -0.15) is 13.2 Å². The monoisotopic (exact) mass is 305 g/mol. The molecule has 0 aliphatic rings. The molecule has 2 N–H and O–H groups in total. The molecule has 1 atom stereocenters. The summed E-state index contributed by atoms with van der Waals surface area (Å²) in [6.07, 6.45) is -3.71. The number of hydrogen-bond donors (Lipinski definition) is 1. The number of nitrogens with two attached hydrogens (primary N) is 1. The molecule has 0 radical (unpaired) electrons. The van der Waals surface area contributed by atoms with Gasteiger partial charge in [0.1, 0.15) is 16.5 Å². The van der Waals surface area contributed by atoms with E-state index in [4.69, 9.17) is 18.0 Å². The molecule has 1 heterocycles. The summed E-state index contributed by atoms with van der Waals surface area (Å²) >= 11 is 4.91. The van der Waals surface area contributed by atoms with E-state index in [1.165, 1.54) is 6.07 Å². The summed E-state index contributed by atoms with van der Waals surface area (Å²) in [6, 6.07) is 2.24. The van der Waals surface area contributed by atoms with Crippen LogP contribution >= 0.6 is 12.2 Å². The third-order valence-corrected chi connectivity index (χ3v) is 3.39.